The smallest absolute Gasteiger partial charge is 0.202 e. The molecule has 0 aromatic heterocycles. The summed E-state index contributed by atoms with van der Waals surface area (Å²) >= 11 is 1.42. The van der Waals surface area contributed by atoms with Gasteiger partial charge in [-0.05, 0) is 17.7 Å². The highest BCUT2D eigenvalue weighted by molar-refractivity contribution is 8.03. The van der Waals surface area contributed by atoms with E-state index in [9.17, 15) is 9.59 Å². The average Bonchev–Trinajstić information content (AvgIpc) is 3.19. The monoisotopic (exact) mass is 338 g/mol. The standard InChI is InChI=1S/C19H14O4S/c1-22-12-8-6-11(7-9-12)15-10-24-19(23-15)16-17(20)13-4-2-3-5-14(13)18(16)21/h2-9,15H,10H2,1H3. The van der Waals surface area contributed by atoms with Gasteiger partial charge in [-0.1, -0.05) is 48.2 Å². The first-order valence-corrected chi connectivity index (χ1v) is 8.53. The van der Waals surface area contributed by atoms with Crippen LogP contribution in [0.25, 0.3) is 0 Å². The van der Waals surface area contributed by atoms with E-state index in [1.807, 2.05) is 24.3 Å². The normalized spacial score (nSPS) is 19.5. The van der Waals surface area contributed by atoms with Gasteiger partial charge in [-0.2, -0.15) is 0 Å². The summed E-state index contributed by atoms with van der Waals surface area (Å²) in [6, 6.07) is 14.5. The summed E-state index contributed by atoms with van der Waals surface area (Å²) < 4.78 is 11.1. The lowest BCUT2D eigenvalue weighted by Crippen LogP contribution is -2.05. The van der Waals surface area contributed by atoms with Crippen molar-refractivity contribution in [3.63, 3.8) is 0 Å². The van der Waals surface area contributed by atoms with Crippen LogP contribution in [0.4, 0.5) is 0 Å². The van der Waals surface area contributed by atoms with E-state index in [0.29, 0.717) is 22.0 Å². The first-order valence-electron chi connectivity index (χ1n) is 7.55. The third-order valence-corrected chi connectivity index (χ3v) is 5.21. The van der Waals surface area contributed by atoms with Gasteiger partial charge in [0, 0.05) is 16.9 Å². The summed E-state index contributed by atoms with van der Waals surface area (Å²) in [7, 11) is 1.62. The van der Waals surface area contributed by atoms with E-state index >= 15 is 0 Å². The van der Waals surface area contributed by atoms with Gasteiger partial charge < -0.3 is 9.47 Å². The summed E-state index contributed by atoms with van der Waals surface area (Å²) in [6.45, 7) is 0. The molecular weight excluding hydrogens is 324 g/mol. The maximum absolute atomic E-state index is 12.5. The van der Waals surface area contributed by atoms with Gasteiger partial charge in [0.2, 0.25) is 11.6 Å². The fourth-order valence-corrected chi connectivity index (χ4v) is 3.98. The largest absolute Gasteiger partial charge is 0.497 e. The summed E-state index contributed by atoms with van der Waals surface area (Å²) in [5, 5.41) is 0.432. The number of hydrogen-bond donors (Lipinski definition) is 0. The molecule has 0 bridgehead atoms. The number of fused-ring (bicyclic) bond motifs is 1. The molecule has 120 valence electrons. The summed E-state index contributed by atoms with van der Waals surface area (Å²) in [6.07, 6.45) is -0.173. The van der Waals surface area contributed by atoms with Crippen LogP contribution in [0.2, 0.25) is 0 Å². The molecule has 24 heavy (non-hydrogen) atoms. The summed E-state index contributed by atoms with van der Waals surface area (Å²) in [5.74, 6) is 0.962. The van der Waals surface area contributed by atoms with Crippen molar-refractivity contribution >= 4 is 23.3 Å². The highest BCUT2D eigenvalue weighted by Crippen LogP contribution is 2.43. The molecule has 0 N–H and O–H groups in total. The summed E-state index contributed by atoms with van der Waals surface area (Å²) in [5.41, 5.74) is 2.08. The number of carbonyl (C=O) groups is 2. The van der Waals surface area contributed by atoms with Gasteiger partial charge in [-0.3, -0.25) is 9.59 Å². The van der Waals surface area contributed by atoms with Crippen molar-refractivity contribution in [1.82, 2.24) is 0 Å². The molecule has 1 fully saturated rings. The number of ketones is 2. The highest BCUT2D eigenvalue weighted by Gasteiger charge is 2.39. The molecule has 4 rings (SSSR count). The van der Waals surface area contributed by atoms with E-state index in [4.69, 9.17) is 9.47 Å². The minimum Gasteiger partial charge on any atom is -0.497 e. The van der Waals surface area contributed by atoms with Crippen molar-refractivity contribution < 1.29 is 19.1 Å². The lowest BCUT2D eigenvalue weighted by atomic mass is 10.1. The molecule has 1 saturated heterocycles. The lowest BCUT2D eigenvalue weighted by Gasteiger charge is -2.11. The molecule has 2 aliphatic rings. The predicted octanol–water partition coefficient (Wildman–Crippen LogP) is 3.79. The van der Waals surface area contributed by atoms with E-state index in [1.165, 1.54) is 11.8 Å². The Kier molecular flexibility index (Phi) is 3.65. The lowest BCUT2D eigenvalue weighted by molar-refractivity contribution is 0.0970. The van der Waals surface area contributed by atoms with Gasteiger partial charge in [0.1, 0.15) is 17.4 Å². The van der Waals surface area contributed by atoms with Crippen molar-refractivity contribution in [2.75, 3.05) is 12.9 Å². The second-order valence-electron chi connectivity index (χ2n) is 5.56. The van der Waals surface area contributed by atoms with Gasteiger partial charge in [0.15, 0.2) is 5.09 Å². The number of thioether (sulfide) groups is 1. The van der Waals surface area contributed by atoms with Crippen LogP contribution in [0.3, 0.4) is 0 Å². The van der Waals surface area contributed by atoms with Crippen LogP contribution in [0.15, 0.2) is 59.2 Å². The molecule has 1 unspecified atom stereocenters. The average molecular weight is 338 g/mol. The number of hydrogen-bond acceptors (Lipinski definition) is 5. The third-order valence-electron chi connectivity index (χ3n) is 4.18. The summed E-state index contributed by atoms with van der Waals surface area (Å²) in [4.78, 5) is 25.1. The number of carbonyl (C=O) groups excluding carboxylic acids is 2. The van der Waals surface area contributed by atoms with Crippen LogP contribution >= 0.6 is 11.8 Å². The van der Waals surface area contributed by atoms with Crippen molar-refractivity contribution in [1.29, 1.82) is 0 Å². The van der Waals surface area contributed by atoms with Crippen LogP contribution in [0.1, 0.15) is 32.4 Å². The Bertz CT molecular complexity index is 830. The van der Waals surface area contributed by atoms with Crippen LogP contribution in [-0.4, -0.2) is 24.4 Å². The zero-order valence-electron chi connectivity index (χ0n) is 12.9. The molecule has 4 nitrogen and oxygen atoms in total. The Hall–Kier alpha value is -2.53. The van der Waals surface area contributed by atoms with E-state index in [2.05, 4.69) is 0 Å². The number of benzene rings is 2. The molecule has 2 aromatic rings. The minimum absolute atomic E-state index is 0.164. The Morgan fingerprint density at radius 1 is 1.00 bits per heavy atom. The SMILES string of the molecule is COc1ccc(C2CSC(=C3C(=O)c4ccccc4C3=O)O2)cc1. The molecule has 5 heteroatoms. The van der Waals surface area contributed by atoms with Gasteiger partial charge >= 0.3 is 0 Å². The van der Waals surface area contributed by atoms with Gasteiger partial charge in [0.25, 0.3) is 0 Å². The highest BCUT2D eigenvalue weighted by atomic mass is 32.2. The second kappa shape index (κ2) is 5.83. The number of Topliss-reactive ketones (excluding diaryl/α,β-unsaturated/α-hetero) is 2. The maximum atomic E-state index is 12.5. The Morgan fingerprint density at radius 2 is 1.62 bits per heavy atom. The Morgan fingerprint density at radius 3 is 2.21 bits per heavy atom. The Labute approximate surface area is 143 Å². The van der Waals surface area contributed by atoms with Gasteiger partial charge in [-0.15, -0.1) is 0 Å². The number of ether oxygens (including phenoxy) is 2. The van der Waals surface area contributed by atoms with E-state index in [-0.39, 0.29) is 23.2 Å². The van der Waals surface area contributed by atoms with Crippen molar-refractivity contribution in [3.8, 4) is 5.75 Å². The fourth-order valence-electron chi connectivity index (χ4n) is 2.90. The van der Waals surface area contributed by atoms with Crippen LogP contribution in [0.5, 0.6) is 5.75 Å². The van der Waals surface area contributed by atoms with Crippen molar-refractivity contribution in [3.05, 3.63) is 75.9 Å². The third kappa shape index (κ3) is 2.32. The quantitative estimate of drug-likeness (QED) is 0.616. The maximum Gasteiger partial charge on any atom is 0.202 e. The molecule has 0 radical (unpaired) electrons. The topological polar surface area (TPSA) is 52.6 Å². The minimum atomic E-state index is -0.242. The Balaban J connectivity index is 1.63. The molecule has 0 spiro atoms. The molecule has 1 aliphatic heterocycles. The molecular formula is C19H14O4S. The number of rotatable bonds is 2. The second-order valence-corrected chi connectivity index (χ2v) is 6.55. The zero-order valence-corrected chi connectivity index (χ0v) is 13.8. The predicted molar refractivity (Wildman–Crippen MR) is 91.4 cm³/mol. The van der Waals surface area contributed by atoms with Crippen molar-refractivity contribution in [2.24, 2.45) is 0 Å². The van der Waals surface area contributed by atoms with Crippen molar-refractivity contribution in [2.45, 2.75) is 6.10 Å². The van der Waals surface area contributed by atoms with Crippen LogP contribution < -0.4 is 4.74 Å². The van der Waals surface area contributed by atoms with Crippen LogP contribution in [0, 0.1) is 0 Å². The molecule has 2 aromatic carbocycles. The number of methoxy groups -OCH3 is 1. The number of allylic oxidation sites excluding steroid dienone is 1. The van der Waals surface area contributed by atoms with Gasteiger partial charge in [0.05, 0.1) is 7.11 Å². The first-order chi connectivity index (χ1) is 11.7. The molecule has 0 amide bonds. The zero-order chi connectivity index (χ0) is 16.7. The first kappa shape index (κ1) is 15.0. The van der Waals surface area contributed by atoms with Crippen LogP contribution in [-0.2, 0) is 4.74 Å². The van der Waals surface area contributed by atoms with E-state index in [1.54, 1.807) is 31.4 Å². The molecule has 0 saturated carbocycles. The van der Waals surface area contributed by atoms with E-state index in [0.717, 1.165) is 11.3 Å². The fraction of sp³-hybridized carbons (Fsp3) is 0.158. The van der Waals surface area contributed by atoms with Gasteiger partial charge in [-0.25, -0.2) is 0 Å². The molecule has 1 aliphatic carbocycles. The van der Waals surface area contributed by atoms with E-state index < -0.39 is 0 Å². The molecule has 1 heterocycles. The molecule has 1 atom stereocenters.